The summed E-state index contributed by atoms with van der Waals surface area (Å²) in [4.78, 5) is 42.5. The number of ether oxygens (including phenoxy) is 1. The number of carbonyl (C=O) groups excluding carboxylic acids is 3. The Morgan fingerprint density at radius 2 is 1.93 bits per heavy atom. The Kier molecular flexibility index (Phi) is 4.82. The number of carbonyl (C=O) groups is 3. The molecule has 2 heterocycles. The van der Waals surface area contributed by atoms with Crippen LogP contribution in [-0.2, 0) is 20.9 Å². The number of fused-ring (bicyclic) bond motifs is 3. The number of rotatable bonds is 4. The van der Waals surface area contributed by atoms with Crippen LogP contribution in [0.5, 0.6) is 0 Å². The third-order valence-corrected chi connectivity index (χ3v) is 5.64. The number of halogens is 1. The van der Waals surface area contributed by atoms with Gasteiger partial charge in [-0.15, -0.1) is 0 Å². The lowest BCUT2D eigenvalue weighted by atomic mass is 9.95. The van der Waals surface area contributed by atoms with Crippen molar-refractivity contribution in [1.82, 2.24) is 4.90 Å². The summed E-state index contributed by atoms with van der Waals surface area (Å²) in [5.41, 5.74) is 0.123. The molecule has 7 heteroatoms. The Balaban J connectivity index is 1.76. The van der Waals surface area contributed by atoms with Crippen molar-refractivity contribution in [3.63, 3.8) is 0 Å². The molecule has 2 aliphatic rings. The number of para-hydroxylation sites is 1. The second kappa shape index (κ2) is 7.19. The van der Waals surface area contributed by atoms with Gasteiger partial charge in [-0.25, -0.2) is 4.79 Å². The normalized spacial score (nSPS) is 20.7. The number of hydrogen-bond donors (Lipinski definition) is 0. The zero-order chi connectivity index (χ0) is 20.8. The van der Waals surface area contributed by atoms with E-state index in [1.54, 1.807) is 48.5 Å². The van der Waals surface area contributed by atoms with E-state index < -0.39 is 11.6 Å². The standard InChI is InChI=1S/C22H21ClN2O4/c1-14(2)24-20(27)17-8-3-4-9-18(17)25-19(26)10-11-22(24,25)21(28)29-13-15-6-5-7-16(23)12-15/h3-9,12,14H,10-11,13H2,1-2H3/t22-/m0/s1. The summed E-state index contributed by atoms with van der Waals surface area (Å²) < 4.78 is 5.63. The molecule has 29 heavy (non-hydrogen) atoms. The summed E-state index contributed by atoms with van der Waals surface area (Å²) in [6.45, 7) is 3.67. The van der Waals surface area contributed by atoms with Crippen molar-refractivity contribution in [2.45, 2.75) is 45.0 Å². The van der Waals surface area contributed by atoms with E-state index in [9.17, 15) is 14.4 Å². The molecule has 0 radical (unpaired) electrons. The Morgan fingerprint density at radius 1 is 1.17 bits per heavy atom. The predicted octanol–water partition coefficient (Wildman–Crippen LogP) is 3.77. The van der Waals surface area contributed by atoms with Crippen molar-refractivity contribution in [2.24, 2.45) is 0 Å². The average molecular weight is 413 g/mol. The van der Waals surface area contributed by atoms with E-state index >= 15 is 0 Å². The Bertz CT molecular complexity index is 1010. The molecule has 0 unspecified atom stereocenters. The Morgan fingerprint density at radius 3 is 2.66 bits per heavy atom. The number of benzene rings is 2. The van der Waals surface area contributed by atoms with Crippen LogP contribution >= 0.6 is 11.6 Å². The molecular weight excluding hydrogens is 392 g/mol. The lowest BCUT2D eigenvalue weighted by molar-refractivity contribution is -0.159. The molecular formula is C22H21ClN2O4. The smallest absolute Gasteiger partial charge is 0.354 e. The van der Waals surface area contributed by atoms with E-state index in [-0.39, 0.29) is 37.3 Å². The predicted molar refractivity (Wildman–Crippen MR) is 108 cm³/mol. The highest BCUT2D eigenvalue weighted by atomic mass is 35.5. The van der Waals surface area contributed by atoms with Gasteiger partial charge in [-0.1, -0.05) is 35.9 Å². The minimum atomic E-state index is -1.48. The van der Waals surface area contributed by atoms with Gasteiger partial charge in [0.15, 0.2) is 0 Å². The molecule has 2 aliphatic heterocycles. The minimum Gasteiger partial charge on any atom is -0.458 e. The lowest BCUT2D eigenvalue weighted by Gasteiger charge is -2.50. The molecule has 1 fully saturated rings. The molecule has 0 saturated carbocycles. The van der Waals surface area contributed by atoms with Crippen LogP contribution in [0.25, 0.3) is 0 Å². The summed E-state index contributed by atoms with van der Waals surface area (Å²) in [7, 11) is 0. The molecule has 1 atom stereocenters. The molecule has 2 aromatic rings. The van der Waals surface area contributed by atoms with E-state index in [1.165, 1.54) is 9.80 Å². The van der Waals surface area contributed by atoms with Crippen molar-refractivity contribution >= 4 is 35.1 Å². The number of esters is 1. The van der Waals surface area contributed by atoms with Crippen LogP contribution in [-0.4, -0.2) is 34.4 Å². The van der Waals surface area contributed by atoms with Gasteiger partial charge in [-0.05, 0) is 43.7 Å². The minimum absolute atomic E-state index is 0.00491. The Labute approximate surface area is 174 Å². The molecule has 6 nitrogen and oxygen atoms in total. The van der Waals surface area contributed by atoms with Crippen molar-refractivity contribution in [1.29, 1.82) is 0 Å². The van der Waals surface area contributed by atoms with Gasteiger partial charge in [0.2, 0.25) is 11.6 Å². The van der Waals surface area contributed by atoms with E-state index in [1.807, 2.05) is 13.8 Å². The highest BCUT2D eigenvalue weighted by molar-refractivity contribution is 6.30. The molecule has 0 spiro atoms. The maximum atomic E-state index is 13.4. The summed E-state index contributed by atoms with van der Waals surface area (Å²) in [6, 6.07) is 13.6. The fourth-order valence-corrected chi connectivity index (χ4v) is 4.48. The van der Waals surface area contributed by atoms with Gasteiger partial charge in [0.05, 0.1) is 11.3 Å². The molecule has 1 saturated heterocycles. The Hall–Kier alpha value is -2.86. The van der Waals surface area contributed by atoms with Gasteiger partial charge >= 0.3 is 5.97 Å². The van der Waals surface area contributed by atoms with E-state index in [2.05, 4.69) is 0 Å². The fraction of sp³-hybridized carbons (Fsp3) is 0.318. The zero-order valence-electron chi connectivity index (χ0n) is 16.2. The van der Waals surface area contributed by atoms with Crippen LogP contribution in [0.4, 0.5) is 5.69 Å². The number of amides is 2. The summed E-state index contributed by atoms with van der Waals surface area (Å²) in [5, 5.41) is 0.542. The van der Waals surface area contributed by atoms with Gasteiger partial charge in [0.1, 0.15) is 6.61 Å². The van der Waals surface area contributed by atoms with E-state index in [0.29, 0.717) is 16.3 Å². The molecule has 0 aromatic heterocycles. The van der Waals surface area contributed by atoms with Crippen molar-refractivity contribution in [3.05, 3.63) is 64.7 Å². The largest absolute Gasteiger partial charge is 0.458 e. The quantitative estimate of drug-likeness (QED) is 0.717. The number of nitrogens with zero attached hydrogens (tertiary/aromatic N) is 2. The first-order valence-electron chi connectivity index (χ1n) is 9.53. The van der Waals surface area contributed by atoms with Crippen LogP contribution in [0.2, 0.25) is 5.02 Å². The van der Waals surface area contributed by atoms with Crippen molar-refractivity contribution in [2.75, 3.05) is 4.90 Å². The molecule has 2 amide bonds. The molecule has 2 aromatic carbocycles. The monoisotopic (exact) mass is 412 g/mol. The molecule has 4 rings (SSSR count). The SMILES string of the molecule is CC(C)N1C(=O)c2ccccc2N2C(=O)CC[C@@]21C(=O)OCc1cccc(Cl)c1. The lowest BCUT2D eigenvalue weighted by Crippen LogP contribution is -2.70. The van der Waals surface area contributed by atoms with Gasteiger partial charge in [-0.3, -0.25) is 14.5 Å². The van der Waals surface area contributed by atoms with Gasteiger partial charge in [0, 0.05) is 23.9 Å². The highest BCUT2D eigenvalue weighted by Crippen LogP contribution is 2.46. The topological polar surface area (TPSA) is 66.9 Å². The third kappa shape index (κ3) is 2.99. The molecule has 0 N–H and O–H groups in total. The first-order chi connectivity index (χ1) is 13.9. The maximum Gasteiger partial charge on any atom is 0.354 e. The number of hydrogen-bond acceptors (Lipinski definition) is 4. The second-order valence-corrected chi connectivity index (χ2v) is 7.97. The summed E-state index contributed by atoms with van der Waals surface area (Å²) in [5.74, 6) is -1.09. The molecule has 0 aliphatic carbocycles. The van der Waals surface area contributed by atoms with E-state index in [0.717, 1.165) is 5.56 Å². The first kappa shape index (κ1) is 19.5. The average Bonchev–Trinajstić information content (AvgIpc) is 3.04. The summed E-state index contributed by atoms with van der Waals surface area (Å²) >= 11 is 6.01. The third-order valence-electron chi connectivity index (χ3n) is 5.40. The first-order valence-corrected chi connectivity index (χ1v) is 9.91. The van der Waals surface area contributed by atoms with Crippen LogP contribution in [0, 0.1) is 0 Å². The maximum absolute atomic E-state index is 13.4. The van der Waals surface area contributed by atoms with Gasteiger partial charge in [-0.2, -0.15) is 0 Å². The van der Waals surface area contributed by atoms with Crippen molar-refractivity contribution in [3.8, 4) is 0 Å². The fourth-order valence-electron chi connectivity index (χ4n) is 4.26. The van der Waals surface area contributed by atoms with Gasteiger partial charge < -0.3 is 9.64 Å². The van der Waals surface area contributed by atoms with Crippen LogP contribution < -0.4 is 4.90 Å². The molecule has 0 bridgehead atoms. The highest BCUT2D eigenvalue weighted by Gasteiger charge is 2.62. The van der Waals surface area contributed by atoms with Crippen LogP contribution in [0.1, 0.15) is 42.6 Å². The number of anilines is 1. The second-order valence-electron chi connectivity index (χ2n) is 7.54. The van der Waals surface area contributed by atoms with Gasteiger partial charge in [0.25, 0.3) is 5.91 Å². The van der Waals surface area contributed by atoms with Crippen molar-refractivity contribution < 1.29 is 19.1 Å². The molecule has 150 valence electrons. The van der Waals surface area contributed by atoms with E-state index in [4.69, 9.17) is 16.3 Å². The van der Waals surface area contributed by atoms with Crippen LogP contribution in [0.3, 0.4) is 0 Å². The zero-order valence-corrected chi connectivity index (χ0v) is 17.0. The summed E-state index contributed by atoms with van der Waals surface area (Å²) in [6.07, 6.45) is 0.357. The van der Waals surface area contributed by atoms with Crippen LogP contribution in [0.15, 0.2) is 48.5 Å².